The third kappa shape index (κ3) is 3.62. The molecule has 1 amide bonds. The lowest BCUT2D eigenvalue weighted by molar-refractivity contribution is -0.128. The highest BCUT2D eigenvalue weighted by Crippen LogP contribution is 2.43. The fraction of sp³-hybridized carbons (Fsp3) is 0.125. The van der Waals surface area contributed by atoms with Crippen LogP contribution in [-0.2, 0) is 11.3 Å². The van der Waals surface area contributed by atoms with Gasteiger partial charge in [-0.05, 0) is 29.8 Å². The first-order valence-corrected chi connectivity index (χ1v) is 10.8. The number of carbonyl (C=O) groups excluding carboxylic acids is 1. The van der Waals surface area contributed by atoms with E-state index in [1.54, 1.807) is 18.0 Å². The summed E-state index contributed by atoms with van der Waals surface area (Å²) in [5, 5.41) is 4.79. The summed E-state index contributed by atoms with van der Waals surface area (Å²) in [4.78, 5) is 19.0. The maximum Gasteiger partial charge on any atom is 0.234 e. The number of thioether (sulfide) groups is 1. The molecule has 0 saturated carbocycles. The molecule has 1 atom stereocenters. The van der Waals surface area contributed by atoms with Gasteiger partial charge < -0.3 is 4.90 Å². The van der Waals surface area contributed by atoms with E-state index < -0.39 is 0 Å². The molecule has 5 nitrogen and oxygen atoms in total. The summed E-state index contributed by atoms with van der Waals surface area (Å²) in [7, 11) is 0. The first kappa shape index (κ1) is 18.6. The van der Waals surface area contributed by atoms with Crippen LogP contribution in [0.1, 0.15) is 16.5 Å². The lowest BCUT2D eigenvalue weighted by Gasteiger charge is -2.24. The molecule has 0 bridgehead atoms. The average molecular weight is 413 g/mol. The van der Waals surface area contributed by atoms with Gasteiger partial charge in [-0.2, -0.15) is 5.10 Å². The van der Waals surface area contributed by atoms with Crippen LogP contribution in [0, 0.1) is 0 Å². The van der Waals surface area contributed by atoms with Gasteiger partial charge >= 0.3 is 0 Å². The van der Waals surface area contributed by atoms with Crippen LogP contribution < -0.4 is 0 Å². The fourth-order valence-corrected chi connectivity index (χ4v) is 4.86. The number of carbonyl (C=O) groups is 1. The van der Waals surface area contributed by atoms with Gasteiger partial charge in [0.2, 0.25) is 5.91 Å². The van der Waals surface area contributed by atoms with Gasteiger partial charge in [-0.1, -0.05) is 48.5 Å². The molecule has 1 saturated heterocycles. The number of amides is 1. The molecule has 6 heteroatoms. The zero-order valence-corrected chi connectivity index (χ0v) is 17.1. The largest absolute Gasteiger partial charge is 0.321 e. The second kappa shape index (κ2) is 8.16. The number of hydrogen-bond donors (Lipinski definition) is 0. The number of hydrogen-bond acceptors (Lipinski definition) is 4. The third-order valence-corrected chi connectivity index (χ3v) is 6.37. The molecular formula is C24H20N4OS. The quantitative estimate of drug-likeness (QED) is 0.476. The minimum absolute atomic E-state index is 0.0922. The van der Waals surface area contributed by atoms with Gasteiger partial charge in [0.15, 0.2) is 0 Å². The molecule has 0 N–H and O–H groups in total. The Balaban J connectivity index is 1.58. The number of pyridine rings is 1. The van der Waals surface area contributed by atoms with E-state index in [1.165, 1.54) is 0 Å². The average Bonchev–Trinajstić information content (AvgIpc) is 3.40. The van der Waals surface area contributed by atoms with Gasteiger partial charge in [-0.3, -0.25) is 9.78 Å². The summed E-state index contributed by atoms with van der Waals surface area (Å²) in [6.45, 7) is 0.584. The zero-order chi connectivity index (χ0) is 20.3. The summed E-state index contributed by atoms with van der Waals surface area (Å²) < 4.78 is 1.89. The third-order valence-electron chi connectivity index (χ3n) is 5.13. The molecule has 1 aliphatic rings. The van der Waals surface area contributed by atoms with Crippen LogP contribution in [0.25, 0.3) is 16.9 Å². The molecule has 0 aliphatic carbocycles. The molecule has 4 aromatic rings. The highest BCUT2D eigenvalue weighted by molar-refractivity contribution is 8.00. The van der Waals surface area contributed by atoms with E-state index in [4.69, 9.17) is 5.10 Å². The topological polar surface area (TPSA) is 51.0 Å². The van der Waals surface area contributed by atoms with Crippen LogP contribution in [0.4, 0.5) is 0 Å². The van der Waals surface area contributed by atoms with Crippen molar-refractivity contribution in [3.8, 4) is 16.9 Å². The van der Waals surface area contributed by atoms with Crippen molar-refractivity contribution in [1.29, 1.82) is 0 Å². The van der Waals surface area contributed by atoms with Gasteiger partial charge in [0.05, 0.1) is 11.4 Å². The number of para-hydroxylation sites is 1. The lowest BCUT2D eigenvalue weighted by atomic mass is 10.1. The molecular weight excluding hydrogens is 392 g/mol. The molecule has 5 rings (SSSR count). The minimum atomic E-state index is -0.0922. The Morgan fingerprint density at radius 1 is 0.967 bits per heavy atom. The molecule has 3 heterocycles. The van der Waals surface area contributed by atoms with E-state index >= 15 is 0 Å². The molecule has 0 spiro atoms. The van der Waals surface area contributed by atoms with Gasteiger partial charge in [0.1, 0.15) is 11.1 Å². The molecule has 1 unspecified atom stereocenters. The number of benzene rings is 2. The predicted molar refractivity (Wildman–Crippen MR) is 119 cm³/mol. The highest BCUT2D eigenvalue weighted by Gasteiger charge is 2.35. The van der Waals surface area contributed by atoms with Gasteiger partial charge in [0, 0.05) is 36.3 Å². The van der Waals surface area contributed by atoms with Crippen molar-refractivity contribution < 1.29 is 4.79 Å². The van der Waals surface area contributed by atoms with E-state index in [0.717, 1.165) is 28.1 Å². The molecule has 0 radical (unpaired) electrons. The summed E-state index contributed by atoms with van der Waals surface area (Å²) in [6, 6.07) is 24.1. The van der Waals surface area contributed by atoms with E-state index in [2.05, 4.69) is 17.1 Å². The minimum Gasteiger partial charge on any atom is -0.321 e. The lowest BCUT2D eigenvalue weighted by Crippen LogP contribution is -2.27. The van der Waals surface area contributed by atoms with Crippen molar-refractivity contribution in [2.45, 2.75) is 11.9 Å². The number of aromatic nitrogens is 3. The van der Waals surface area contributed by atoms with Crippen molar-refractivity contribution in [2.24, 2.45) is 0 Å². The summed E-state index contributed by atoms with van der Waals surface area (Å²) in [5.74, 6) is 0.624. The van der Waals surface area contributed by atoms with Crippen LogP contribution in [0.5, 0.6) is 0 Å². The van der Waals surface area contributed by atoms with Crippen molar-refractivity contribution in [3.63, 3.8) is 0 Å². The van der Waals surface area contributed by atoms with Gasteiger partial charge in [-0.15, -0.1) is 11.8 Å². The second-order valence-electron chi connectivity index (χ2n) is 7.13. The van der Waals surface area contributed by atoms with Crippen molar-refractivity contribution in [2.75, 3.05) is 5.75 Å². The van der Waals surface area contributed by atoms with Crippen LogP contribution in [-0.4, -0.2) is 31.3 Å². The van der Waals surface area contributed by atoms with Crippen LogP contribution in [0.15, 0.2) is 91.4 Å². The van der Waals surface area contributed by atoms with Crippen LogP contribution >= 0.6 is 11.8 Å². The predicted octanol–water partition coefficient (Wildman–Crippen LogP) is 4.71. The van der Waals surface area contributed by atoms with Gasteiger partial charge in [-0.25, -0.2) is 4.68 Å². The Morgan fingerprint density at radius 3 is 2.47 bits per heavy atom. The van der Waals surface area contributed by atoms with Crippen molar-refractivity contribution in [1.82, 2.24) is 19.7 Å². The maximum atomic E-state index is 12.8. The molecule has 2 aromatic carbocycles. The van der Waals surface area contributed by atoms with E-state index in [0.29, 0.717) is 12.3 Å². The second-order valence-corrected chi connectivity index (χ2v) is 8.19. The van der Waals surface area contributed by atoms with E-state index in [-0.39, 0.29) is 11.3 Å². The first-order valence-electron chi connectivity index (χ1n) is 9.80. The van der Waals surface area contributed by atoms with E-state index in [9.17, 15) is 4.79 Å². The van der Waals surface area contributed by atoms with Crippen molar-refractivity contribution in [3.05, 3.63) is 103 Å². The van der Waals surface area contributed by atoms with Gasteiger partial charge in [0.25, 0.3) is 0 Å². The maximum absolute atomic E-state index is 12.8. The molecule has 1 aliphatic heterocycles. The molecule has 30 heavy (non-hydrogen) atoms. The normalized spacial score (nSPS) is 16.2. The number of nitrogens with zero attached hydrogens (tertiary/aromatic N) is 4. The molecule has 2 aromatic heterocycles. The highest BCUT2D eigenvalue weighted by atomic mass is 32.2. The van der Waals surface area contributed by atoms with Crippen molar-refractivity contribution >= 4 is 17.7 Å². The number of rotatable bonds is 5. The molecule has 148 valence electrons. The summed E-state index contributed by atoms with van der Waals surface area (Å²) in [6.07, 6.45) is 5.63. The smallest absolute Gasteiger partial charge is 0.234 e. The van der Waals surface area contributed by atoms with Crippen LogP contribution in [0.2, 0.25) is 0 Å². The Labute approximate surface area is 179 Å². The van der Waals surface area contributed by atoms with Crippen LogP contribution in [0.3, 0.4) is 0 Å². The SMILES string of the molecule is O=C1CSC(c2cn(-c3ccccc3)nc2-c2cccnc2)N1Cc1ccccc1. The Bertz CT molecular complexity index is 1150. The monoisotopic (exact) mass is 412 g/mol. The fourth-order valence-electron chi connectivity index (χ4n) is 3.67. The Morgan fingerprint density at radius 2 is 1.73 bits per heavy atom. The Hall–Kier alpha value is -3.38. The van der Waals surface area contributed by atoms with E-state index in [1.807, 2.05) is 82.6 Å². The molecule has 1 fully saturated rings. The first-order chi connectivity index (χ1) is 14.8. The zero-order valence-electron chi connectivity index (χ0n) is 16.3. The summed E-state index contributed by atoms with van der Waals surface area (Å²) >= 11 is 1.65. The standard InChI is InChI=1S/C24H20N4OS/c29-22-17-30-24(27(22)15-18-8-3-1-4-9-18)21-16-28(20-11-5-2-6-12-20)26-23(21)19-10-7-13-25-14-19/h1-14,16,24H,15,17H2. The summed E-state index contributed by atoms with van der Waals surface area (Å²) in [5.41, 5.74) is 4.94. The Kier molecular flexibility index (Phi) is 5.07.